The summed E-state index contributed by atoms with van der Waals surface area (Å²) in [4.78, 5) is 18.1. The molecule has 9 heteroatoms. The lowest BCUT2D eigenvalue weighted by Crippen LogP contribution is -2.24. The van der Waals surface area contributed by atoms with Gasteiger partial charge in [-0.1, -0.05) is 12.1 Å². The molecule has 0 fully saturated rings. The molecule has 2 heterocycles. The minimum absolute atomic E-state index is 0.126. The molecule has 4 rings (SSSR count). The lowest BCUT2D eigenvalue weighted by Gasteiger charge is -2.14. The number of ether oxygens (including phenoxy) is 1. The zero-order valence-corrected chi connectivity index (χ0v) is 15.3. The molecule has 0 saturated carbocycles. The quantitative estimate of drug-likeness (QED) is 0.620. The van der Waals surface area contributed by atoms with Gasteiger partial charge in [0.15, 0.2) is 0 Å². The van der Waals surface area contributed by atoms with Crippen molar-refractivity contribution in [3.63, 3.8) is 0 Å². The maximum absolute atomic E-state index is 14.4. The molecule has 1 aliphatic rings. The highest BCUT2D eigenvalue weighted by molar-refractivity contribution is 5.98. The van der Waals surface area contributed by atoms with Crippen molar-refractivity contribution >= 4 is 5.91 Å². The molecule has 3 aromatic rings. The number of benzene rings is 2. The van der Waals surface area contributed by atoms with Gasteiger partial charge in [-0.3, -0.25) is 9.63 Å². The Morgan fingerprint density at radius 1 is 1.14 bits per heavy atom. The van der Waals surface area contributed by atoms with Gasteiger partial charge in [-0.2, -0.15) is 13.9 Å². The Hall–Kier alpha value is -3.33. The van der Waals surface area contributed by atoms with E-state index in [4.69, 9.17) is 9.57 Å². The van der Waals surface area contributed by atoms with Gasteiger partial charge in [-0.25, -0.2) is 14.1 Å². The van der Waals surface area contributed by atoms with Crippen LogP contribution >= 0.6 is 0 Å². The van der Waals surface area contributed by atoms with E-state index in [1.54, 1.807) is 30.3 Å². The fourth-order valence-electron chi connectivity index (χ4n) is 3.11. The maximum atomic E-state index is 14.4. The second kappa shape index (κ2) is 7.59. The van der Waals surface area contributed by atoms with E-state index in [-0.39, 0.29) is 24.8 Å². The summed E-state index contributed by atoms with van der Waals surface area (Å²) in [6, 6.07) is 11.0. The van der Waals surface area contributed by atoms with Gasteiger partial charge in [0, 0.05) is 23.4 Å². The third-order valence-corrected chi connectivity index (χ3v) is 4.60. The number of hydrogen-bond acceptors (Lipinski definition) is 4. The summed E-state index contributed by atoms with van der Waals surface area (Å²) in [5.74, 6) is -0.445. The van der Waals surface area contributed by atoms with Crippen molar-refractivity contribution < 1.29 is 27.5 Å². The van der Waals surface area contributed by atoms with E-state index in [0.717, 1.165) is 16.8 Å². The first-order valence-electron chi connectivity index (χ1n) is 8.70. The molecule has 1 aromatic heterocycles. The Kier molecular flexibility index (Phi) is 4.98. The summed E-state index contributed by atoms with van der Waals surface area (Å²) in [7, 11) is 1.45. The predicted molar refractivity (Wildman–Crippen MR) is 96.5 cm³/mol. The molecule has 2 aromatic carbocycles. The number of halogens is 3. The van der Waals surface area contributed by atoms with E-state index in [0.29, 0.717) is 27.1 Å². The number of amides is 1. The average molecular weight is 403 g/mol. The van der Waals surface area contributed by atoms with Gasteiger partial charge in [0.25, 0.3) is 5.91 Å². The number of carbonyl (C=O) groups is 1. The van der Waals surface area contributed by atoms with Gasteiger partial charge in [-0.15, -0.1) is 0 Å². The topological polar surface area (TPSA) is 56.6 Å². The number of aromatic nitrogens is 2. The smallest absolute Gasteiger partial charge is 0.333 e. The number of fused-ring (bicyclic) bond motifs is 1. The number of nitrogens with zero attached hydrogens (tertiary/aromatic N) is 3. The summed E-state index contributed by atoms with van der Waals surface area (Å²) in [5.41, 5.74) is 2.30. The highest BCUT2D eigenvalue weighted by Crippen LogP contribution is 2.31. The Bertz CT molecular complexity index is 1070. The van der Waals surface area contributed by atoms with Crippen molar-refractivity contribution in [2.75, 3.05) is 7.11 Å². The number of carbonyl (C=O) groups excluding carboxylic acids is 1. The van der Waals surface area contributed by atoms with E-state index < -0.39 is 12.4 Å². The summed E-state index contributed by atoms with van der Waals surface area (Å²) >= 11 is 0. The Morgan fingerprint density at radius 2 is 1.97 bits per heavy atom. The van der Waals surface area contributed by atoms with E-state index in [1.165, 1.54) is 19.2 Å². The molecule has 1 aliphatic heterocycles. The third kappa shape index (κ3) is 3.68. The average Bonchev–Trinajstić information content (AvgIpc) is 3.31. The molecule has 0 N–H and O–H groups in total. The first-order valence-corrected chi connectivity index (χ1v) is 8.70. The fourth-order valence-corrected chi connectivity index (χ4v) is 3.11. The lowest BCUT2D eigenvalue weighted by atomic mass is 10.00. The van der Waals surface area contributed by atoms with Crippen LogP contribution in [0.2, 0.25) is 0 Å². The van der Waals surface area contributed by atoms with E-state index in [9.17, 15) is 18.0 Å². The van der Waals surface area contributed by atoms with E-state index in [2.05, 4.69) is 5.10 Å². The van der Waals surface area contributed by atoms with Crippen LogP contribution in [0.25, 0.3) is 11.1 Å². The van der Waals surface area contributed by atoms with Gasteiger partial charge < -0.3 is 4.74 Å². The van der Waals surface area contributed by atoms with Crippen LogP contribution in [0.1, 0.15) is 28.2 Å². The molecule has 6 nitrogen and oxygen atoms in total. The van der Waals surface area contributed by atoms with Gasteiger partial charge in [0.2, 0.25) is 0 Å². The molecule has 0 radical (unpaired) electrons. The van der Waals surface area contributed by atoms with Gasteiger partial charge in [-0.05, 0) is 35.4 Å². The lowest BCUT2D eigenvalue weighted by molar-refractivity contribution is -0.136. The normalized spacial score (nSPS) is 13.3. The molecule has 0 atom stereocenters. The van der Waals surface area contributed by atoms with Gasteiger partial charge in [0.1, 0.15) is 18.2 Å². The van der Waals surface area contributed by atoms with Crippen LogP contribution in [-0.2, 0) is 18.0 Å². The van der Waals surface area contributed by atoms with Crippen LogP contribution in [0.15, 0.2) is 48.7 Å². The molecule has 0 spiro atoms. The van der Waals surface area contributed by atoms with Gasteiger partial charge >= 0.3 is 6.55 Å². The summed E-state index contributed by atoms with van der Waals surface area (Å²) in [6.45, 7) is -2.66. The number of hydroxylamine groups is 2. The highest BCUT2D eigenvalue weighted by atomic mass is 19.3. The molecule has 1 amide bonds. The van der Waals surface area contributed by atoms with Crippen LogP contribution in [-0.4, -0.2) is 27.9 Å². The summed E-state index contributed by atoms with van der Waals surface area (Å²) in [5, 5.41) is 4.81. The molecule has 29 heavy (non-hydrogen) atoms. The third-order valence-electron chi connectivity index (χ3n) is 4.60. The summed E-state index contributed by atoms with van der Waals surface area (Å²) in [6.07, 6.45) is 1.14. The van der Waals surface area contributed by atoms with Crippen molar-refractivity contribution in [1.82, 2.24) is 14.8 Å². The van der Waals surface area contributed by atoms with Crippen molar-refractivity contribution in [3.05, 3.63) is 71.3 Å². The van der Waals surface area contributed by atoms with Crippen molar-refractivity contribution in [3.8, 4) is 16.9 Å². The first-order chi connectivity index (χ1) is 14.0. The minimum Gasteiger partial charge on any atom is -0.497 e. The van der Waals surface area contributed by atoms with E-state index >= 15 is 0 Å². The van der Waals surface area contributed by atoms with Crippen LogP contribution < -0.4 is 4.74 Å². The van der Waals surface area contributed by atoms with Crippen molar-refractivity contribution in [2.24, 2.45) is 0 Å². The fraction of sp³-hybridized carbons (Fsp3) is 0.200. The monoisotopic (exact) mass is 403 g/mol. The number of rotatable bonds is 6. The first kappa shape index (κ1) is 19.0. The van der Waals surface area contributed by atoms with E-state index in [1.807, 2.05) is 0 Å². The largest absolute Gasteiger partial charge is 0.497 e. The Morgan fingerprint density at radius 3 is 2.66 bits per heavy atom. The maximum Gasteiger partial charge on any atom is 0.333 e. The molecule has 0 unspecified atom stereocenters. The van der Waals surface area contributed by atoms with Gasteiger partial charge in [0.05, 0.1) is 19.3 Å². The highest BCUT2D eigenvalue weighted by Gasteiger charge is 2.29. The minimum atomic E-state index is -2.74. The van der Waals surface area contributed by atoms with Crippen LogP contribution in [0.4, 0.5) is 13.2 Å². The second-order valence-electron chi connectivity index (χ2n) is 6.40. The van der Waals surface area contributed by atoms with Crippen molar-refractivity contribution in [2.45, 2.75) is 19.7 Å². The Balaban J connectivity index is 1.50. The molecule has 0 aliphatic carbocycles. The molecule has 0 saturated heterocycles. The molecular weight excluding hydrogens is 387 g/mol. The van der Waals surface area contributed by atoms with Crippen LogP contribution in [0.5, 0.6) is 5.75 Å². The zero-order chi connectivity index (χ0) is 20.5. The second-order valence-corrected chi connectivity index (χ2v) is 6.40. The van der Waals surface area contributed by atoms with Crippen LogP contribution in [0.3, 0.4) is 0 Å². The zero-order valence-electron chi connectivity index (χ0n) is 15.3. The molecular formula is C20H16F3N3O3. The van der Waals surface area contributed by atoms with Crippen LogP contribution in [0, 0.1) is 5.82 Å². The number of alkyl halides is 2. The SMILES string of the molecule is COc1ccc(-c2ccc3c(c2)C(=O)N(OCc2ccn(C(F)F)n2)C3)c(F)c1. The molecule has 150 valence electrons. The Labute approximate surface area is 164 Å². The standard InChI is InChI=1S/C20H16F3N3O3/c1-28-15-4-5-16(18(21)9-15)12-2-3-13-10-26(19(27)17(13)8-12)29-11-14-6-7-25(24-14)20(22)23/h2-9,20H,10-11H2,1H3. The number of methoxy groups -OCH3 is 1. The van der Waals surface area contributed by atoms with Crippen molar-refractivity contribution in [1.29, 1.82) is 0 Å². The molecule has 0 bridgehead atoms. The predicted octanol–water partition coefficient (Wildman–Crippen LogP) is 4.18. The number of hydrogen-bond donors (Lipinski definition) is 0. The summed E-state index contributed by atoms with van der Waals surface area (Å²) < 4.78 is 45.0.